The molecule has 2 heterocycles. The minimum Gasteiger partial charge on any atom is -0.422 e. The highest BCUT2D eigenvalue weighted by Crippen LogP contribution is 2.29. The fourth-order valence-corrected chi connectivity index (χ4v) is 2.52. The average Bonchev–Trinajstić information content (AvgIpc) is 2.74. The fourth-order valence-electron chi connectivity index (χ4n) is 1.75. The first-order valence-corrected chi connectivity index (χ1v) is 7.00. The third-order valence-corrected chi connectivity index (χ3v) is 3.49. The minimum atomic E-state index is -1.33. The van der Waals surface area contributed by atoms with E-state index >= 15 is 0 Å². The summed E-state index contributed by atoms with van der Waals surface area (Å²) in [6.45, 7) is 6.18. The van der Waals surface area contributed by atoms with Gasteiger partial charge in [0.2, 0.25) is 0 Å². The number of thiophene rings is 1. The van der Waals surface area contributed by atoms with Crippen molar-refractivity contribution >= 4 is 21.4 Å². The molecule has 0 saturated heterocycles. The van der Waals surface area contributed by atoms with E-state index in [1.807, 2.05) is 0 Å². The highest BCUT2D eigenvalue weighted by Gasteiger charge is 2.26. The molecular formula is C15H16O4S. The average molecular weight is 292 g/mol. The predicted molar refractivity (Wildman–Crippen MR) is 78.8 cm³/mol. The van der Waals surface area contributed by atoms with Crippen molar-refractivity contribution in [1.82, 2.24) is 0 Å². The Morgan fingerprint density at radius 1 is 1.25 bits per heavy atom. The number of hydrogen-bond donors (Lipinski definition) is 2. The predicted octanol–water partition coefficient (Wildman–Crippen LogP) is 2.20. The van der Waals surface area contributed by atoms with Crippen molar-refractivity contribution in [3.05, 3.63) is 33.2 Å². The Labute approximate surface area is 120 Å². The maximum absolute atomic E-state index is 11.9. The van der Waals surface area contributed by atoms with Crippen molar-refractivity contribution < 1.29 is 14.6 Å². The Morgan fingerprint density at radius 3 is 2.45 bits per heavy atom. The van der Waals surface area contributed by atoms with Crippen LogP contribution in [0.2, 0.25) is 0 Å². The third-order valence-electron chi connectivity index (χ3n) is 2.59. The van der Waals surface area contributed by atoms with E-state index in [9.17, 15) is 15.0 Å². The van der Waals surface area contributed by atoms with Gasteiger partial charge in [0.1, 0.15) is 15.9 Å². The number of rotatable bonds is 1. The zero-order chi connectivity index (χ0) is 15.1. The molecule has 2 N–H and O–H groups in total. The van der Waals surface area contributed by atoms with Crippen LogP contribution in [0.4, 0.5) is 0 Å². The first-order chi connectivity index (χ1) is 9.09. The van der Waals surface area contributed by atoms with Crippen molar-refractivity contribution in [1.29, 1.82) is 0 Å². The normalized spacial score (nSPS) is 12.3. The summed E-state index contributed by atoms with van der Waals surface area (Å²) in [5.74, 6) is 5.64. The molecule has 2 aromatic heterocycles. The van der Waals surface area contributed by atoms with Crippen LogP contribution in [0.3, 0.4) is 0 Å². The van der Waals surface area contributed by atoms with Crippen molar-refractivity contribution in [2.75, 3.05) is 0 Å². The van der Waals surface area contributed by atoms with E-state index in [0.717, 1.165) is 0 Å². The molecule has 0 unspecified atom stereocenters. The standard InChI is InChI=1S/C15H16O4S/c1-14(2,17)7-5-10-9-6-8-20-11(9)13(16)19-12(10)15(3,4)18/h6,8,17-18H,1-4H3. The highest BCUT2D eigenvalue weighted by atomic mass is 32.1. The van der Waals surface area contributed by atoms with Crippen LogP contribution >= 0.6 is 11.3 Å². The Hall–Kier alpha value is -1.61. The zero-order valence-corrected chi connectivity index (χ0v) is 12.6. The van der Waals surface area contributed by atoms with Crippen LogP contribution in [-0.4, -0.2) is 15.8 Å². The number of hydrogen-bond acceptors (Lipinski definition) is 5. The summed E-state index contributed by atoms with van der Waals surface area (Å²) in [4.78, 5) is 11.9. The van der Waals surface area contributed by atoms with Crippen molar-refractivity contribution in [2.45, 2.75) is 38.9 Å². The second kappa shape index (κ2) is 4.74. The second-order valence-corrected chi connectivity index (χ2v) is 6.54. The SMILES string of the molecule is CC(C)(O)C#Cc1c(C(C)(C)O)oc(=O)c2sccc12. The molecule has 20 heavy (non-hydrogen) atoms. The zero-order valence-electron chi connectivity index (χ0n) is 11.8. The van der Waals surface area contributed by atoms with E-state index < -0.39 is 16.8 Å². The molecule has 106 valence electrons. The number of fused-ring (bicyclic) bond motifs is 1. The molecule has 0 aliphatic rings. The van der Waals surface area contributed by atoms with E-state index in [1.165, 1.54) is 25.2 Å². The van der Waals surface area contributed by atoms with Gasteiger partial charge in [-0.25, -0.2) is 4.79 Å². The fraction of sp³-hybridized carbons (Fsp3) is 0.400. The molecular weight excluding hydrogens is 276 g/mol. The highest BCUT2D eigenvalue weighted by molar-refractivity contribution is 7.17. The molecule has 0 fully saturated rings. The molecule has 0 saturated carbocycles. The molecule has 4 nitrogen and oxygen atoms in total. The lowest BCUT2D eigenvalue weighted by atomic mass is 9.98. The smallest absolute Gasteiger partial charge is 0.354 e. The van der Waals surface area contributed by atoms with Crippen LogP contribution in [0.1, 0.15) is 39.0 Å². The third kappa shape index (κ3) is 2.93. The summed E-state index contributed by atoms with van der Waals surface area (Å²) in [7, 11) is 0. The Balaban J connectivity index is 2.84. The lowest BCUT2D eigenvalue weighted by Crippen LogP contribution is -2.21. The molecule has 0 aromatic carbocycles. The van der Waals surface area contributed by atoms with Gasteiger partial charge in [-0.1, -0.05) is 11.8 Å². The van der Waals surface area contributed by atoms with Crippen LogP contribution in [0.25, 0.3) is 10.1 Å². The van der Waals surface area contributed by atoms with Gasteiger partial charge in [-0.05, 0) is 39.1 Å². The van der Waals surface area contributed by atoms with Crippen LogP contribution < -0.4 is 5.63 Å². The van der Waals surface area contributed by atoms with Crippen LogP contribution in [0.5, 0.6) is 0 Å². The topological polar surface area (TPSA) is 70.7 Å². The summed E-state index contributed by atoms with van der Waals surface area (Å²) in [6.07, 6.45) is 0. The Bertz CT molecular complexity index is 757. The van der Waals surface area contributed by atoms with Gasteiger partial charge in [0.15, 0.2) is 5.76 Å². The molecule has 2 aromatic rings. The lowest BCUT2D eigenvalue weighted by molar-refractivity contribution is 0.0508. The van der Waals surface area contributed by atoms with E-state index in [-0.39, 0.29) is 5.76 Å². The first kappa shape index (κ1) is 14.8. The van der Waals surface area contributed by atoms with E-state index in [4.69, 9.17) is 4.42 Å². The van der Waals surface area contributed by atoms with Crippen molar-refractivity contribution in [2.24, 2.45) is 0 Å². The van der Waals surface area contributed by atoms with Gasteiger partial charge in [0.25, 0.3) is 0 Å². The first-order valence-electron chi connectivity index (χ1n) is 6.12. The van der Waals surface area contributed by atoms with Crippen LogP contribution in [0, 0.1) is 11.8 Å². The van der Waals surface area contributed by atoms with E-state index in [2.05, 4.69) is 11.8 Å². The van der Waals surface area contributed by atoms with E-state index in [0.29, 0.717) is 15.6 Å². The van der Waals surface area contributed by atoms with Crippen molar-refractivity contribution in [3.63, 3.8) is 0 Å². The van der Waals surface area contributed by atoms with Gasteiger partial charge in [0.05, 0.1) is 5.56 Å². The Morgan fingerprint density at radius 2 is 1.90 bits per heavy atom. The van der Waals surface area contributed by atoms with Gasteiger partial charge < -0.3 is 14.6 Å². The molecule has 0 aliphatic carbocycles. The summed E-state index contributed by atoms with van der Waals surface area (Å²) in [6, 6.07) is 1.76. The summed E-state index contributed by atoms with van der Waals surface area (Å²) >= 11 is 1.26. The monoisotopic (exact) mass is 292 g/mol. The van der Waals surface area contributed by atoms with Gasteiger partial charge >= 0.3 is 5.63 Å². The van der Waals surface area contributed by atoms with Crippen LogP contribution in [-0.2, 0) is 5.60 Å². The maximum Gasteiger partial charge on any atom is 0.354 e. The molecule has 0 aliphatic heterocycles. The quantitative estimate of drug-likeness (QED) is 0.791. The molecule has 2 rings (SSSR count). The van der Waals surface area contributed by atoms with Crippen LogP contribution in [0.15, 0.2) is 20.7 Å². The molecule has 0 amide bonds. The lowest BCUT2D eigenvalue weighted by Gasteiger charge is -2.17. The molecule has 0 atom stereocenters. The molecule has 0 radical (unpaired) electrons. The van der Waals surface area contributed by atoms with E-state index in [1.54, 1.807) is 25.3 Å². The van der Waals surface area contributed by atoms with Gasteiger partial charge in [0, 0.05) is 5.39 Å². The number of aliphatic hydroxyl groups is 2. The largest absolute Gasteiger partial charge is 0.422 e. The Kier molecular flexibility index (Phi) is 3.51. The molecule has 0 spiro atoms. The minimum absolute atomic E-state index is 0.116. The van der Waals surface area contributed by atoms with Gasteiger partial charge in [-0.15, -0.1) is 11.3 Å². The summed E-state index contributed by atoms with van der Waals surface area (Å²) < 4.78 is 5.69. The molecule has 5 heteroatoms. The summed E-state index contributed by atoms with van der Waals surface area (Å²) in [5, 5.41) is 22.3. The van der Waals surface area contributed by atoms with Gasteiger partial charge in [-0.3, -0.25) is 0 Å². The summed E-state index contributed by atoms with van der Waals surface area (Å²) in [5.41, 5.74) is -2.55. The molecule has 0 bridgehead atoms. The maximum atomic E-state index is 11.9. The van der Waals surface area contributed by atoms with Gasteiger partial charge in [-0.2, -0.15) is 0 Å². The second-order valence-electron chi connectivity index (χ2n) is 5.63. The van der Waals surface area contributed by atoms with Crippen molar-refractivity contribution in [3.8, 4) is 11.8 Å².